The number of aliphatic imine (C=N–C) groups is 1. The molecule has 66 valence electrons. The van der Waals surface area contributed by atoms with E-state index in [2.05, 4.69) is 4.99 Å². The summed E-state index contributed by atoms with van der Waals surface area (Å²) in [6.07, 6.45) is 6.49. The van der Waals surface area contributed by atoms with E-state index in [9.17, 15) is 9.59 Å². The van der Waals surface area contributed by atoms with Gasteiger partial charge in [-0.15, -0.1) is 11.6 Å². The molecule has 0 bridgehead atoms. The highest BCUT2D eigenvalue weighted by Crippen LogP contribution is 2.15. The van der Waals surface area contributed by atoms with Crippen LogP contribution >= 0.6 is 11.6 Å². The number of hydrogen-bond donors (Lipinski definition) is 0. The lowest BCUT2D eigenvalue weighted by molar-refractivity contribution is -0.131. The topological polar surface area (TPSA) is 49.7 Å². The highest BCUT2D eigenvalue weighted by molar-refractivity contribution is 6.45. The van der Waals surface area contributed by atoms with Gasteiger partial charge in [-0.3, -0.25) is 14.5 Å². The smallest absolute Gasteiger partial charge is 0.272 e. The Kier molecular flexibility index (Phi) is 1.77. The number of nitrogens with zero attached hydrogens (tertiary/aromatic N) is 2. The number of hydrogen-bond acceptors (Lipinski definition) is 2. The van der Waals surface area contributed by atoms with Crippen LogP contribution in [0.5, 0.6) is 0 Å². The zero-order valence-electron chi connectivity index (χ0n) is 6.48. The first kappa shape index (κ1) is 8.19. The van der Waals surface area contributed by atoms with Crippen molar-refractivity contribution in [3.05, 3.63) is 24.4 Å². The minimum Gasteiger partial charge on any atom is -0.272 e. The number of carbonyl (C=O) groups excluding carboxylic acids is 2. The van der Waals surface area contributed by atoms with Gasteiger partial charge in [-0.1, -0.05) is 6.08 Å². The van der Waals surface area contributed by atoms with Crippen LogP contribution < -0.4 is 0 Å². The lowest BCUT2D eigenvalue weighted by Crippen LogP contribution is -2.45. The Labute approximate surface area is 79.2 Å². The van der Waals surface area contributed by atoms with Gasteiger partial charge in [0.2, 0.25) is 0 Å². The molecule has 2 rings (SSSR count). The first-order chi connectivity index (χ1) is 6.20. The van der Waals surface area contributed by atoms with E-state index in [0.717, 1.165) is 0 Å². The summed E-state index contributed by atoms with van der Waals surface area (Å²) in [7, 11) is 0. The van der Waals surface area contributed by atoms with Crippen molar-refractivity contribution < 1.29 is 9.59 Å². The molecular weight excluding hydrogens is 192 g/mol. The number of rotatable bonds is 0. The molecule has 2 aliphatic rings. The van der Waals surface area contributed by atoms with Crippen LogP contribution in [0.4, 0.5) is 0 Å². The Bertz CT molecular complexity index is 370. The third-order valence-electron chi connectivity index (χ3n) is 1.73. The van der Waals surface area contributed by atoms with Crippen molar-refractivity contribution in [1.82, 2.24) is 4.90 Å². The van der Waals surface area contributed by atoms with E-state index < -0.39 is 17.2 Å². The molecule has 0 aromatic heterocycles. The molecule has 2 heterocycles. The van der Waals surface area contributed by atoms with Gasteiger partial charge in [-0.25, -0.2) is 0 Å². The molecule has 0 spiro atoms. The molecule has 1 unspecified atom stereocenters. The molecule has 1 atom stereocenters. The first-order valence-corrected chi connectivity index (χ1v) is 4.08. The van der Waals surface area contributed by atoms with Crippen LogP contribution in [-0.2, 0) is 9.59 Å². The second-order valence-electron chi connectivity index (χ2n) is 2.58. The van der Waals surface area contributed by atoms with Gasteiger partial charge < -0.3 is 0 Å². The molecule has 0 radical (unpaired) electrons. The average Bonchev–Trinajstić information content (AvgIpc) is 2.15. The molecule has 0 aromatic rings. The lowest BCUT2D eigenvalue weighted by atomic mass is 10.2. The molecule has 2 aliphatic heterocycles. The predicted molar refractivity (Wildman–Crippen MR) is 47.2 cm³/mol. The molecule has 5 heteroatoms. The van der Waals surface area contributed by atoms with Gasteiger partial charge >= 0.3 is 0 Å². The quantitative estimate of drug-likeness (QED) is 0.417. The summed E-state index contributed by atoms with van der Waals surface area (Å²) in [5.41, 5.74) is 0. The fraction of sp³-hybridized carbons (Fsp3) is 0.125. The molecule has 4 nitrogen and oxygen atoms in total. The van der Waals surface area contributed by atoms with Crippen LogP contribution in [0.3, 0.4) is 0 Å². The van der Waals surface area contributed by atoms with E-state index in [1.807, 2.05) is 0 Å². The van der Waals surface area contributed by atoms with Gasteiger partial charge in [0.25, 0.3) is 11.8 Å². The maximum atomic E-state index is 11.4. The SMILES string of the molecule is O=C1N=C2C=CC=CN2C(=O)C1Cl. The standard InChI is InChI=1S/C8H5ClN2O2/c9-6-7(12)10-5-3-1-2-4-11(5)8(6)13/h1-4,6H. The second-order valence-corrected chi connectivity index (χ2v) is 3.02. The predicted octanol–water partition coefficient (Wildman–Crippen LogP) is 0.445. The molecule has 0 saturated carbocycles. The van der Waals surface area contributed by atoms with E-state index in [0.29, 0.717) is 5.84 Å². The van der Waals surface area contributed by atoms with Crippen LogP contribution in [0.2, 0.25) is 0 Å². The second kappa shape index (κ2) is 2.81. The summed E-state index contributed by atoms with van der Waals surface area (Å²) in [5.74, 6) is -0.718. The van der Waals surface area contributed by atoms with E-state index in [1.54, 1.807) is 18.2 Å². The molecule has 0 aromatic carbocycles. The summed E-state index contributed by atoms with van der Waals surface area (Å²) in [6, 6.07) is 0. The van der Waals surface area contributed by atoms with Crippen molar-refractivity contribution in [3.63, 3.8) is 0 Å². The van der Waals surface area contributed by atoms with E-state index >= 15 is 0 Å². The largest absolute Gasteiger partial charge is 0.275 e. The van der Waals surface area contributed by atoms with Gasteiger partial charge in [-0.05, 0) is 12.2 Å². The number of fused-ring (bicyclic) bond motifs is 1. The first-order valence-electron chi connectivity index (χ1n) is 3.65. The monoisotopic (exact) mass is 196 g/mol. The van der Waals surface area contributed by atoms with Gasteiger partial charge in [0.15, 0.2) is 5.38 Å². The Morgan fingerprint density at radius 3 is 2.92 bits per heavy atom. The number of amides is 2. The van der Waals surface area contributed by atoms with Crippen molar-refractivity contribution in [3.8, 4) is 0 Å². The van der Waals surface area contributed by atoms with Crippen LogP contribution in [0, 0.1) is 0 Å². The summed E-state index contributed by atoms with van der Waals surface area (Å²) in [4.78, 5) is 27.3. The zero-order chi connectivity index (χ0) is 9.42. The molecule has 0 saturated heterocycles. The van der Waals surface area contributed by atoms with Crippen LogP contribution in [0.1, 0.15) is 0 Å². The fourth-order valence-corrected chi connectivity index (χ4v) is 1.26. The van der Waals surface area contributed by atoms with Gasteiger partial charge in [0.1, 0.15) is 5.84 Å². The maximum Gasteiger partial charge on any atom is 0.275 e. The Balaban J connectivity index is 2.46. The summed E-state index contributed by atoms with van der Waals surface area (Å²) in [5, 5.41) is -1.18. The van der Waals surface area contributed by atoms with E-state index in [4.69, 9.17) is 11.6 Å². The van der Waals surface area contributed by atoms with Crippen LogP contribution in [-0.4, -0.2) is 27.9 Å². The summed E-state index contributed by atoms with van der Waals surface area (Å²) in [6.45, 7) is 0. The number of amidine groups is 1. The van der Waals surface area contributed by atoms with Crippen LogP contribution in [0.25, 0.3) is 0 Å². The molecular formula is C8H5ClN2O2. The molecule has 13 heavy (non-hydrogen) atoms. The number of halogens is 1. The molecule has 0 aliphatic carbocycles. The number of allylic oxidation sites excluding steroid dienone is 2. The van der Waals surface area contributed by atoms with E-state index in [1.165, 1.54) is 11.1 Å². The van der Waals surface area contributed by atoms with Gasteiger partial charge in [0.05, 0.1) is 0 Å². The van der Waals surface area contributed by atoms with Crippen molar-refractivity contribution in [2.24, 2.45) is 4.99 Å². The lowest BCUT2D eigenvalue weighted by Gasteiger charge is -2.25. The molecule has 2 amide bonds. The Morgan fingerprint density at radius 2 is 2.15 bits per heavy atom. The molecule has 0 fully saturated rings. The minimum absolute atomic E-state index is 0.328. The fourth-order valence-electron chi connectivity index (χ4n) is 1.11. The molecule has 0 N–H and O–H groups in total. The zero-order valence-corrected chi connectivity index (χ0v) is 7.23. The van der Waals surface area contributed by atoms with Crippen molar-refractivity contribution >= 4 is 29.3 Å². The van der Waals surface area contributed by atoms with Crippen molar-refractivity contribution in [2.75, 3.05) is 0 Å². The summed E-state index contributed by atoms with van der Waals surface area (Å²) >= 11 is 5.53. The number of alkyl halides is 1. The highest BCUT2D eigenvalue weighted by Gasteiger charge is 2.34. The van der Waals surface area contributed by atoms with Crippen LogP contribution in [0.15, 0.2) is 29.4 Å². The Hall–Kier alpha value is -1.42. The third-order valence-corrected chi connectivity index (χ3v) is 2.11. The van der Waals surface area contributed by atoms with Gasteiger partial charge in [0, 0.05) is 6.20 Å². The van der Waals surface area contributed by atoms with Crippen molar-refractivity contribution in [2.45, 2.75) is 5.38 Å². The summed E-state index contributed by atoms with van der Waals surface area (Å²) < 4.78 is 0. The normalized spacial score (nSPS) is 26.1. The Morgan fingerprint density at radius 1 is 1.38 bits per heavy atom. The minimum atomic E-state index is -1.18. The van der Waals surface area contributed by atoms with E-state index in [-0.39, 0.29) is 0 Å². The van der Waals surface area contributed by atoms with Gasteiger partial charge in [-0.2, -0.15) is 4.99 Å². The highest BCUT2D eigenvalue weighted by atomic mass is 35.5. The third kappa shape index (κ3) is 1.19. The maximum absolute atomic E-state index is 11.4. The van der Waals surface area contributed by atoms with Crippen molar-refractivity contribution in [1.29, 1.82) is 0 Å². The number of carbonyl (C=O) groups is 2. The average molecular weight is 197 g/mol.